The SMILES string of the molecule is NC(=O)CCCc1ccc(Cl)nc1. The summed E-state index contributed by atoms with van der Waals surface area (Å²) < 4.78 is 0. The molecule has 0 aromatic carbocycles. The van der Waals surface area contributed by atoms with Crippen LogP contribution in [0, 0.1) is 0 Å². The van der Waals surface area contributed by atoms with Crippen LogP contribution >= 0.6 is 11.6 Å². The highest BCUT2D eigenvalue weighted by atomic mass is 35.5. The van der Waals surface area contributed by atoms with Gasteiger partial charge in [0.2, 0.25) is 5.91 Å². The quantitative estimate of drug-likeness (QED) is 0.747. The molecular weight excluding hydrogens is 188 g/mol. The zero-order valence-corrected chi connectivity index (χ0v) is 7.92. The van der Waals surface area contributed by atoms with E-state index in [0.717, 1.165) is 18.4 Å². The minimum Gasteiger partial charge on any atom is -0.370 e. The molecule has 3 nitrogen and oxygen atoms in total. The highest BCUT2D eigenvalue weighted by Crippen LogP contribution is 2.07. The van der Waals surface area contributed by atoms with Crippen LogP contribution in [0.5, 0.6) is 0 Å². The lowest BCUT2D eigenvalue weighted by Crippen LogP contribution is -2.10. The minimum absolute atomic E-state index is 0.262. The summed E-state index contributed by atoms with van der Waals surface area (Å²) in [6.07, 6.45) is 3.71. The minimum atomic E-state index is -0.262. The second kappa shape index (κ2) is 4.82. The Bertz CT molecular complexity index is 284. The maximum Gasteiger partial charge on any atom is 0.217 e. The van der Waals surface area contributed by atoms with Crippen molar-refractivity contribution < 1.29 is 4.79 Å². The fourth-order valence-electron chi connectivity index (χ4n) is 1.02. The van der Waals surface area contributed by atoms with Crippen molar-refractivity contribution in [3.8, 4) is 0 Å². The monoisotopic (exact) mass is 198 g/mol. The molecule has 1 heterocycles. The number of pyridine rings is 1. The van der Waals surface area contributed by atoms with Gasteiger partial charge in [-0.1, -0.05) is 17.7 Å². The van der Waals surface area contributed by atoms with Crippen molar-refractivity contribution in [2.45, 2.75) is 19.3 Å². The number of carbonyl (C=O) groups is 1. The first-order valence-corrected chi connectivity index (χ1v) is 4.45. The number of amides is 1. The van der Waals surface area contributed by atoms with E-state index in [0.29, 0.717) is 11.6 Å². The highest BCUT2D eigenvalue weighted by molar-refractivity contribution is 6.29. The summed E-state index contributed by atoms with van der Waals surface area (Å²) in [4.78, 5) is 14.4. The van der Waals surface area contributed by atoms with E-state index in [1.54, 1.807) is 12.3 Å². The second-order valence-electron chi connectivity index (χ2n) is 2.81. The lowest BCUT2D eigenvalue weighted by Gasteiger charge is -1.98. The summed E-state index contributed by atoms with van der Waals surface area (Å²) >= 11 is 5.61. The molecule has 0 bridgehead atoms. The Kier molecular flexibility index (Phi) is 3.71. The number of aromatic nitrogens is 1. The highest BCUT2D eigenvalue weighted by Gasteiger charge is 1.97. The summed E-state index contributed by atoms with van der Waals surface area (Å²) in [5.74, 6) is -0.262. The average molecular weight is 199 g/mol. The van der Waals surface area contributed by atoms with Crippen LogP contribution in [-0.2, 0) is 11.2 Å². The van der Waals surface area contributed by atoms with Gasteiger partial charge in [-0.05, 0) is 24.5 Å². The third-order valence-electron chi connectivity index (χ3n) is 1.68. The summed E-state index contributed by atoms with van der Waals surface area (Å²) in [5.41, 5.74) is 6.08. The molecule has 0 spiro atoms. The molecule has 1 aromatic heterocycles. The smallest absolute Gasteiger partial charge is 0.217 e. The predicted octanol–water partition coefficient (Wildman–Crippen LogP) is 1.54. The number of carbonyl (C=O) groups excluding carboxylic acids is 1. The van der Waals surface area contributed by atoms with Gasteiger partial charge < -0.3 is 5.73 Å². The normalized spacial score (nSPS) is 9.92. The molecule has 13 heavy (non-hydrogen) atoms. The topological polar surface area (TPSA) is 56.0 Å². The van der Waals surface area contributed by atoms with Gasteiger partial charge in [0.25, 0.3) is 0 Å². The van der Waals surface area contributed by atoms with Gasteiger partial charge in [-0.25, -0.2) is 4.98 Å². The van der Waals surface area contributed by atoms with Crippen LogP contribution in [-0.4, -0.2) is 10.9 Å². The van der Waals surface area contributed by atoms with Crippen LogP contribution in [0.4, 0.5) is 0 Å². The Labute approximate surface area is 81.9 Å². The van der Waals surface area contributed by atoms with Crippen LogP contribution in [0.3, 0.4) is 0 Å². The Balaban J connectivity index is 2.37. The molecule has 0 saturated carbocycles. The molecule has 70 valence electrons. The van der Waals surface area contributed by atoms with E-state index < -0.39 is 0 Å². The van der Waals surface area contributed by atoms with Gasteiger partial charge in [0.05, 0.1) is 0 Å². The number of nitrogens with two attached hydrogens (primary N) is 1. The lowest BCUT2D eigenvalue weighted by atomic mass is 10.1. The molecule has 1 amide bonds. The Morgan fingerprint density at radius 3 is 2.85 bits per heavy atom. The van der Waals surface area contributed by atoms with Gasteiger partial charge in [0.15, 0.2) is 0 Å². The first-order chi connectivity index (χ1) is 6.18. The van der Waals surface area contributed by atoms with E-state index in [-0.39, 0.29) is 5.91 Å². The summed E-state index contributed by atoms with van der Waals surface area (Å²) in [5, 5.41) is 0.485. The third kappa shape index (κ3) is 3.90. The first kappa shape index (κ1) is 9.99. The van der Waals surface area contributed by atoms with Crippen molar-refractivity contribution in [3.05, 3.63) is 29.0 Å². The van der Waals surface area contributed by atoms with Gasteiger partial charge in [0.1, 0.15) is 5.15 Å². The summed E-state index contributed by atoms with van der Waals surface area (Å²) in [6, 6.07) is 3.64. The van der Waals surface area contributed by atoms with Gasteiger partial charge in [-0.2, -0.15) is 0 Å². The van der Waals surface area contributed by atoms with Gasteiger partial charge >= 0.3 is 0 Å². The lowest BCUT2D eigenvalue weighted by molar-refractivity contribution is -0.118. The van der Waals surface area contributed by atoms with Gasteiger partial charge in [-0.3, -0.25) is 4.79 Å². The molecule has 4 heteroatoms. The van der Waals surface area contributed by atoms with Gasteiger partial charge in [0, 0.05) is 12.6 Å². The molecule has 0 unspecified atom stereocenters. The number of hydrogen-bond acceptors (Lipinski definition) is 2. The largest absolute Gasteiger partial charge is 0.370 e. The molecule has 0 aliphatic carbocycles. The maximum atomic E-state index is 10.4. The third-order valence-corrected chi connectivity index (χ3v) is 1.90. The zero-order chi connectivity index (χ0) is 9.68. The Hall–Kier alpha value is -1.09. The van der Waals surface area contributed by atoms with Crippen molar-refractivity contribution in [1.29, 1.82) is 0 Å². The van der Waals surface area contributed by atoms with Crippen LogP contribution in [0.15, 0.2) is 18.3 Å². The van der Waals surface area contributed by atoms with Crippen molar-refractivity contribution in [1.82, 2.24) is 4.98 Å². The molecule has 0 atom stereocenters. The van der Waals surface area contributed by atoms with E-state index >= 15 is 0 Å². The molecule has 0 aliphatic heterocycles. The van der Waals surface area contributed by atoms with E-state index in [1.165, 1.54) is 0 Å². The number of primary amides is 1. The molecule has 0 fully saturated rings. The van der Waals surface area contributed by atoms with E-state index in [4.69, 9.17) is 17.3 Å². The summed E-state index contributed by atoms with van der Waals surface area (Å²) in [6.45, 7) is 0. The average Bonchev–Trinajstić information content (AvgIpc) is 2.08. The van der Waals surface area contributed by atoms with E-state index in [1.807, 2.05) is 6.07 Å². The fraction of sp³-hybridized carbons (Fsp3) is 0.333. The predicted molar refractivity (Wildman–Crippen MR) is 51.4 cm³/mol. The number of aryl methyl sites for hydroxylation is 1. The van der Waals surface area contributed by atoms with Crippen LogP contribution < -0.4 is 5.73 Å². The van der Waals surface area contributed by atoms with Crippen molar-refractivity contribution >= 4 is 17.5 Å². The number of hydrogen-bond donors (Lipinski definition) is 1. The molecule has 0 saturated heterocycles. The Morgan fingerprint density at radius 1 is 1.54 bits per heavy atom. The van der Waals surface area contributed by atoms with Crippen LogP contribution in [0.25, 0.3) is 0 Å². The van der Waals surface area contributed by atoms with Gasteiger partial charge in [-0.15, -0.1) is 0 Å². The molecule has 1 aromatic rings. The number of nitrogens with zero attached hydrogens (tertiary/aromatic N) is 1. The Morgan fingerprint density at radius 2 is 2.31 bits per heavy atom. The molecule has 1 rings (SSSR count). The molecular formula is C9H11ClN2O. The zero-order valence-electron chi connectivity index (χ0n) is 7.16. The number of rotatable bonds is 4. The van der Waals surface area contributed by atoms with Crippen molar-refractivity contribution in [3.63, 3.8) is 0 Å². The van der Waals surface area contributed by atoms with Crippen LogP contribution in [0.1, 0.15) is 18.4 Å². The first-order valence-electron chi connectivity index (χ1n) is 4.07. The van der Waals surface area contributed by atoms with Crippen molar-refractivity contribution in [2.75, 3.05) is 0 Å². The molecule has 0 aliphatic rings. The van der Waals surface area contributed by atoms with E-state index in [2.05, 4.69) is 4.98 Å². The molecule has 0 radical (unpaired) electrons. The maximum absolute atomic E-state index is 10.4. The number of halogens is 1. The van der Waals surface area contributed by atoms with E-state index in [9.17, 15) is 4.79 Å². The van der Waals surface area contributed by atoms with Crippen LogP contribution in [0.2, 0.25) is 5.15 Å². The summed E-state index contributed by atoms with van der Waals surface area (Å²) in [7, 11) is 0. The fourth-order valence-corrected chi connectivity index (χ4v) is 1.13. The molecule has 2 N–H and O–H groups in total. The van der Waals surface area contributed by atoms with Crippen molar-refractivity contribution in [2.24, 2.45) is 5.73 Å². The standard InChI is InChI=1S/C9H11ClN2O/c10-8-5-4-7(6-12-8)2-1-3-9(11)13/h4-6H,1-3H2,(H2,11,13). The second-order valence-corrected chi connectivity index (χ2v) is 3.20.